The monoisotopic (exact) mass is 286 g/mol. The average Bonchev–Trinajstić information content (AvgIpc) is 2.75. The van der Waals surface area contributed by atoms with E-state index in [1.54, 1.807) is 0 Å². The minimum absolute atomic E-state index is 0.105. The summed E-state index contributed by atoms with van der Waals surface area (Å²) in [6.45, 7) is 4.39. The normalized spacial score (nSPS) is 24.7. The maximum absolute atomic E-state index is 12.2. The third-order valence-corrected chi connectivity index (χ3v) is 5.36. The Morgan fingerprint density at radius 2 is 1.67 bits per heavy atom. The van der Waals surface area contributed by atoms with Gasteiger partial charge in [-0.2, -0.15) is 0 Å². The Labute approximate surface area is 127 Å². The number of Topliss-reactive ketones (excluding diaryl/α,β-unsaturated/α-hetero) is 1. The zero-order valence-electron chi connectivity index (χ0n) is 13.2. The van der Waals surface area contributed by atoms with Crippen LogP contribution in [0.25, 0.3) is 0 Å². The molecule has 21 heavy (non-hydrogen) atoms. The van der Waals surface area contributed by atoms with Crippen molar-refractivity contribution in [2.24, 2.45) is 5.41 Å². The van der Waals surface area contributed by atoms with Crippen LogP contribution in [-0.4, -0.2) is 11.9 Å². The number of carbonyl (C=O) groups is 1. The van der Waals surface area contributed by atoms with Crippen LogP contribution in [0.4, 0.5) is 0 Å². The molecule has 1 unspecified atom stereocenters. The first-order valence-corrected chi connectivity index (χ1v) is 8.42. The van der Waals surface area contributed by atoms with E-state index in [1.165, 1.54) is 31.2 Å². The lowest BCUT2D eigenvalue weighted by Gasteiger charge is -2.47. The molecule has 0 aliphatic heterocycles. The molecule has 2 heteroatoms. The van der Waals surface area contributed by atoms with Gasteiger partial charge in [-0.05, 0) is 36.5 Å². The minimum Gasteiger partial charge on any atom is -0.489 e. The summed E-state index contributed by atoms with van der Waals surface area (Å²) >= 11 is 0. The van der Waals surface area contributed by atoms with Crippen molar-refractivity contribution < 1.29 is 9.53 Å². The van der Waals surface area contributed by atoms with Gasteiger partial charge in [0.1, 0.15) is 17.6 Å². The van der Waals surface area contributed by atoms with Crippen molar-refractivity contribution >= 4 is 5.78 Å². The summed E-state index contributed by atoms with van der Waals surface area (Å²) in [5, 5.41) is 0. The highest BCUT2D eigenvalue weighted by Crippen LogP contribution is 2.49. The van der Waals surface area contributed by atoms with Gasteiger partial charge in [0.05, 0.1) is 5.41 Å². The Morgan fingerprint density at radius 3 is 2.19 bits per heavy atom. The van der Waals surface area contributed by atoms with E-state index < -0.39 is 0 Å². The number of ether oxygens (including phenoxy) is 1. The standard InChI is InChI=1S/C19H26O2/c1-14(2)15-7-9-16(10-8-15)21-18-13-17(20)19(18)11-5-3-4-6-12-19/h7-10,14,18H,3-6,11-13H2,1-2H3. The number of hydrogen-bond donors (Lipinski definition) is 0. The molecule has 1 atom stereocenters. The lowest BCUT2D eigenvalue weighted by Crippen LogP contribution is -2.56. The van der Waals surface area contributed by atoms with Crippen molar-refractivity contribution in [3.05, 3.63) is 29.8 Å². The van der Waals surface area contributed by atoms with Crippen LogP contribution in [0.2, 0.25) is 0 Å². The largest absolute Gasteiger partial charge is 0.489 e. The van der Waals surface area contributed by atoms with Gasteiger partial charge in [-0.3, -0.25) is 4.79 Å². The van der Waals surface area contributed by atoms with Gasteiger partial charge in [-0.25, -0.2) is 0 Å². The molecule has 2 aliphatic carbocycles. The van der Waals surface area contributed by atoms with Gasteiger partial charge in [-0.15, -0.1) is 0 Å². The van der Waals surface area contributed by atoms with E-state index in [0.29, 0.717) is 18.1 Å². The van der Waals surface area contributed by atoms with E-state index in [-0.39, 0.29) is 11.5 Å². The molecule has 3 rings (SSSR count). The average molecular weight is 286 g/mol. The molecule has 1 aromatic rings. The molecule has 0 radical (unpaired) electrons. The molecular weight excluding hydrogens is 260 g/mol. The number of carbonyl (C=O) groups excluding carboxylic acids is 1. The highest BCUT2D eigenvalue weighted by Gasteiger charge is 2.55. The predicted molar refractivity (Wildman–Crippen MR) is 84.7 cm³/mol. The molecule has 1 aromatic carbocycles. The maximum Gasteiger partial charge on any atom is 0.146 e. The Hall–Kier alpha value is -1.31. The summed E-state index contributed by atoms with van der Waals surface area (Å²) in [4.78, 5) is 12.2. The van der Waals surface area contributed by atoms with Crippen LogP contribution >= 0.6 is 0 Å². The second kappa shape index (κ2) is 5.82. The zero-order valence-corrected chi connectivity index (χ0v) is 13.2. The molecule has 114 valence electrons. The van der Waals surface area contributed by atoms with Crippen LogP contribution in [0.15, 0.2) is 24.3 Å². The second-order valence-electron chi connectivity index (χ2n) is 7.03. The van der Waals surface area contributed by atoms with E-state index >= 15 is 0 Å². The first-order chi connectivity index (χ1) is 10.1. The van der Waals surface area contributed by atoms with E-state index in [9.17, 15) is 4.79 Å². The third-order valence-electron chi connectivity index (χ3n) is 5.36. The number of hydrogen-bond acceptors (Lipinski definition) is 2. The lowest BCUT2D eigenvalue weighted by atomic mass is 9.60. The topological polar surface area (TPSA) is 26.3 Å². The summed E-state index contributed by atoms with van der Waals surface area (Å²) in [6, 6.07) is 8.39. The Balaban J connectivity index is 1.70. The maximum atomic E-state index is 12.2. The SMILES string of the molecule is CC(C)c1ccc(OC2CC(=O)C23CCCCCC3)cc1. The molecule has 2 fully saturated rings. The predicted octanol–water partition coefficient (Wildman–Crippen LogP) is 4.87. The van der Waals surface area contributed by atoms with Crippen LogP contribution in [0, 0.1) is 5.41 Å². The van der Waals surface area contributed by atoms with Crippen LogP contribution in [0.3, 0.4) is 0 Å². The molecule has 0 heterocycles. The van der Waals surface area contributed by atoms with Crippen molar-refractivity contribution in [3.8, 4) is 5.75 Å². The summed E-state index contributed by atoms with van der Waals surface area (Å²) in [5.41, 5.74) is 1.17. The summed E-state index contributed by atoms with van der Waals surface area (Å²) in [7, 11) is 0. The smallest absolute Gasteiger partial charge is 0.146 e. The van der Waals surface area contributed by atoms with Gasteiger partial charge in [-0.1, -0.05) is 51.7 Å². The van der Waals surface area contributed by atoms with Crippen molar-refractivity contribution in [2.75, 3.05) is 0 Å². The molecule has 0 saturated heterocycles. The molecule has 2 saturated carbocycles. The van der Waals surface area contributed by atoms with Gasteiger partial charge in [0, 0.05) is 6.42 Å². The van der Waals surface area contributed by atoms with E-state index in [2.05, 4.69) is 38.1 Å². The first-order valence-electron chi connectivity index (χ1n) is 8.42. The van der Waals surface area contributed by atoms with E-state index in [0.717, 1.165) is 18.6 Å². The highest BCUT2D eigenvalue weighted by atomic mass is 16.5. The first kappa shape index (κ1) is 14.6. The van der Waals surface area contributed by atoms with Crippen LogP contribution in [0.1, 0.15) is 70.3 Å². The molecule has 1 spiro atoms. The van der Waals surface area contributed by atoms with Crippen molar-refractivity contribution in [1.29, 1.82) is 0 Å². The van der Waals surface area contributed by atoms with Crippen LogP contribution in [0.5, 0.6) is 5.75 Å². The van der Waals surface area contributed by atoms with Gasteiger partial charge in [0.25, 0.3) is 0 Å². The van der Waals surface area contributed by atoms with Gasteiger partial charge in [0.15, 0.2) is 0 Å². The van der Waals surface area contributed by atoms with E-state index in [1.807, 2.05) is 0 Å². The fourth-order valence-corrected chi connectivity index (χ4v) is 3.83. The summed E-state index contributed by atoms with van der Waals surface area (Å²) < 4.78 is 6.18. The molecule has 0 N–H and O–H groups in total. The molecule has 2 nitrogen and oxygen atoms in total. The van der Waals surface area contributed by atoms with Crippen molar-refractivity contribution in [2.45, 2.75) is 70.8 Å². The van der Waals surface area contributed by atoms with Gasteiger partial charge in [0.2, 0.25) is 0 Å². The number of ketones is 1. The minimum atomic E-state index is -0.160. The Bertz CT molecular complexity index is 493. The fraction of sp³-hybridized carbons (Fsp3) is 0.632. The molecule has 0 bridgehead atoms. The highest BCUT2D eigenvalue weighted by molar-refractivity contribution is 5.92. The number of rotatable bonds is 3. The van der Waals surface area contributed by atoms with E-state index in [4.69, 9.17) is 4.74 Å². The molecule has 0 amide bonds. The lowest BCUT2D eigenvalue weighted by molar-refractivity contribution is -0.154. The summed E-state index contributed by atoms with van der Waals surface area (Å²) in [6.07, 6.45) is 7.66. The fourth-order valence-electron chi connectivity index (χ4n) is 3.83. The van der Waals surface area contributed by atoms with Gasteiger partial charge < -0.3 is 4.74 Å². The molecule has 0 aromatic heterocycles. The molecule has 2 aliphatic rings. The quantitative estimate of drug-likeness (QED) is 0.792. The van der Waals surface area contributed by atoms with Gasteiger partial charge >= 0.3 is 0 Å². The third kappa shape index (κ3) is 2.73. The molecular formula is C19H26O2. The zero-order chi connectivity index (χ0) is 14.9. The van der Waals surface area contributed by atoms with Crippen molar-refractivity contribution in [1.82, 2.24) is 0 Å². The van der Waals surface area contributed by atoms with Crippen LogP contribution < -0.4 is 4.74 Å². The Morgan fingerprint density at radius 1 is 1.05 bits per heavy atom. The van der Waals surface area contributed by atoms with Crippen molar-refractivity contribution in [3.63, 3.8) is 0 Å². The second-order valence-corrected chi connectivity index (χ2v) is 7.03. The van der Waals surface area contributed by atoms with Crippen LogP contribution in [-0.2, 0) is 4.79 Å². The number of benzene rings is 1. The summed E-state index contributed by atoms with van der Waals surface area (Å²) in [5.74, 6) is 1.89. The Kier molecular flexibility index (Phi) is 4.05.